The van der Waals surface area contributed by atoms with Crippen molar-refractivity contribution in [1.29, 1.82) is 0 Å². The van der Waals surface area contributed by atoms with Crippen LogP contribution in [0.1, 0.15) is 58.3 Å². The lowest BCUT2D eigenvalue weighted by molar-refractivity contribution is -0.00000632. The van der Waals surface area contributed by atoms with Gasteiger partial charge in [-0.05, 0) is 12.8 Å². The fourth-order valence-corrected chi connectivity index (χ4v) is 3.51. The fraction of sp³-hybridized carbons (Fsp3) is 1.00. The minimum atomic E-state index is -1.84. The summed E-state index contributed by atoms with van der Waals surface area (Å²) in [5.41, 5.74) is 0. The van der Waals surface area contributed by atoms with E-state index in [1.807, 2.05) is 0 Å². The van der Waals surface area contributed by atoms with E-state index in [-0.39, 0.29) is 36.0 Å². The van der Waals surface area contributed by atoms with E-state index in [2.05, 4.69) is 6.92 Å². The maximum atomic E-state index is 9.21. The molecule has 0 aliphatic carbocycles. The van der Waals surface area contributed by atoms with Crippen LogP contribution in [0.2, 0.25) is 0 Å². The molecule has 3 N–H and O–H groups in total. The normalized spacial score (nSPS) is 11.3. The third-order valence-corrected chi connectivity index (χ3v) is 6.45. The van der Waals surface area contributed by atoms with E-state index >= 15 is 0 Å². The topological polar surface area (TPSA) is 60.7 Å². The van der Waals surface area contributed by atoms with Crippen molar-refractivity contribution in [2.75, 3.05) is 25.2 Å². The minimum absolute atomic E-state index is 0. The summed E-state index contributed by atoms with van der Waals surface area (Å²) in [4.78, 5) is 0. The number of halogens is 1. The molecule has 0 saturated carbocycles. The molecule has 0 aromatic carbocycles. The van der Waals surface area contributed by atoms with Crippen LogP contribution in [0.4, 0.5) is 0 Å². The molecular formula is C13H30BrO3P. The highest BCUT2D eigenvalue weighted by atomic mass is 79.9. The van der Waals surface area contributed by atoms with E-state index in [9.17, 15) is 15.3 Å². The first-order valence-corrected chi connectivity index (χ1v) is 9.45. The lowest BCUT2D eigenvalue weighted by Crippen LogP contribution is -3.00. The largest absolute Gasteiger partial charge is 1.00 e. The van der Waals surface area contributed by atoms with Crippen molar-refractivity contribution in [3.63, 3.8) is 0 Å². The number of hydrogen-bond donors (Lipinski definition) is 3. The molecule has 0 heterocycles. The maximum absolute atomic E-state index is 9.21. The van der Waals surface area contributed by atoms with Crippen molar-refractivity contribution >= 4 is 7.26 Å². The van der Waals surface area contributed by atoms with Crippen LogP contribution in [0.5, 0.6) is 0 Å². The first-order valence-electron chi connectivity index (χ1n) is 6.92. The Morgan fingerprint density at radius 3 is 1.44 bits per heavy atom. The number of rotatable bonds is 12. The summed E-state index contributed by atoms with van der Waals surface area (Å²) >= 11 is 0. The van der Waals surface area contributed by atoms with Gasteiger partial charge in [0.1, 0.15) is 0 Å². The molecule has 0 rings (SSSR count). The van der Waals surface area contributed by atoms with Gasteiger partial charge in [0.15, 0.2) is 19.0 Å². The van der Waals surface area contributed by atoms with Crippen LogP contribution in [0.25, 0.3) is 0 Å². The predicted molar refractivity (Wildman–Crippen MR) is 75.7 cm³/mol. The molecule has 0 atom stereocenters. The van der Waals surface area contributed by atoms with Gasteiger partial charge in [-0.25, -0.2) is 0 Å². The van der Waals surface area contributed by atoms with Gasteiger partial charge in [0, 0.05) is 0 Å². The standard InChI is InChI=1S/C13H30O3P.BrH/c1-2-3-4-5-6-7-8-9-10-17(11-14,12-15)13-16;/h14-16H,2-13H2,1H3;1H/q+1;/p-1. The van der Waals surface area contributed by atoms with Gasteiger partial charge in [-0.15, -0.1) is 0 Å². The lowest BCUT2D eigenvalue weighted by atomic mass is 10.1. The molecule has 3 nitrogen and oxygen atoms in total. The molecule has 0 aromatic rings. The number of aliphatic hydroxyl groups excluding tert-OH is 3. The van der Waals surface area contributed by atoms with Crippen LogP contribution in [-0.4, -0.2) is 40.5 Å². The Balaban J connectivity index is 0. The second-order valence-corrected chi connectivity index (χ2v) is 8.94. The van der Waals surface area contributed by atoms with Gasteiger partial charge in [0.25, 0.3) is 0 Å². The molecule has 0 fully saturated rings. The predicted octanol–water partition coefficient (Wildman–Crippen LogP) is -0.00190. The summed E-state index contributed by atoms with van der Waals surface area (Å²) in [5, 5.41) is 27.6. The van der Waals surface area contributed by atoms with Crippen molar-refractivity contribution in [3.8, 4) is 0 Å². The summed E-state index contributed by atoms with van der Waals surface area (Å²) in [7, 11) is -1.84. The van der Waals surface area contributed by atoms with E-state index in [0.717, 1.165) is 19.0 Å². The van der Waals surface area contributed by atoms with Crippen molar-refractivity contribution in [2.24, 2.45) is 0 Å². The van der Waals surface area contributed by atoms with Gasteiger partial charge in [0.2, 0.25) is 0 Å². The van der Waals surface area contributed by atoms with Gasteiger partial charge in [-0.3, -0.25) is 0 Å². The van der Waals surface area contributed by atoms with Gasteiger partial charge >= 0.3 is 0 Å². The Bertz CT molecular complexity index is 158. The van der Waals surface area contributed by atoms with Crippen molar-refractivity contribution in [3.05, 3.63) is 0 Å². The summed E-state index contributed by atoms with van der Waals surface area (Å²) in [6.45, 7) is 2.22. The molecule has 0 unspecified atom stereocenters. The number of unbranched alkanes of at least 4 members (excludes halogenated alkanes) is 7. The van der Waals surface area contributed by atoms with Crippen LogP contribution in [0.3, 0.4) is 0 Å². The van der Waals surface area contributed by atoms with Crippen LogP contribution in [0.15, 0.2) is 0 Å². The van der Waals surface area contributed by atoms with Crippen LogP contribution < -0.4 is 17.0 Å². The quantitative estimate of drug-likeness (QED) is 0.345. The average Bonchev–Trinajstić information content (AvgIpc) is 2.38. The average molecular weight is 345 g/mol. The summed E-state index contributed by atoms with van der Waals surface area (Å²) in [6.07, 6.45) is 10.8. The second-order valence-electron chi connectivity index (χ2n) is 4.96. The highest BCUT2D eigenvalue weighted by Crippen LogP contribution is 2.56. The Hall–Kier alpha value is 0.790. The zero-order valence-electron chi connectivity index (χ0n) is 11.7. The third kappa shape index (κ3) is 9.69. The fourth-order valence-electron chi connectivity index (χ4n) is 1.93. The Kier molecular flexibility index (Phi) is 16.6. The second kappa shape index (κ2) is 14.2. The maximum Gasteiger partial charge on any atom is 0.158 e. The van der Waals surface area contributed by atoms with Crippen LogP contribution in [0, 0.1) is 0 Å². The zero-order valence-corrected chi connectivity index (χ0v) is 14.1. The van der Waals surface area contributed by atoms with Crippen molar-refractivity contribution in [2.45, 2.75) is 58.3 Å². The lowest BCUT2D eigenvalue weighted by Gasteiger charge is -2.19. The SMILES string of the molecule is CCCCCCCCCC[P+](CO)(CO)CO.[Br-]. The van der Waals surface area contributed by atoms with Gasteiger partial charge in [-0.2, -0.15) is 0 Å². The van der Waals surface area contributed by atoms with Crippen LogP contribution in [-0.2, 0) is 0 Å². The van der Waals surface area contributed by atoms with Crippen molar-refractivity contribution in [1.82, 2.24) is 0 Å². The van der Waals surface area contributed by atoms with Gasteiger partial charge in [-0.1, -0.05) is 45.4 Å². The number of hydrogen-bond acceptors (Lipinski definition) is 3. The molecule has 0 aliphatic heterocycles. The Morgan fingerprint density at radius 2 is 1.06 bits per heavy atom. The first-order chi connectivity index (χ1) is 8.24. The highest BCUT2D eigenvalue weighted by molar-refractivity contribution is 7.75. The van der Waals surface area contributed by atoms with Gasteiger partial charge in [0.05, 0.1) is 13.4 Å². The van der Waals surface area contributed by atoms with Crippen molar-refractivity contribution < 1.29 is 32.3 Å². The molecule has 0 spiro atoms. The van der Waals surface area contributed by atoms with E-state index in [0.29, 0.717) is 0 Å². The first kappa shape index (κ1) is 21.1. The molecule has 0 bridgehead atoms. The van der Waals surface area contributed by atoms with E-state index in [1.165, 1.54) is 38.5 Å². The molecule has 0 aromatic heterocycles. The zero-order chi connectivity index (χ0) is 13.0. The molecule has 0 aliphatic rings. The van der Waals surface area contributed by atoms with E-state index < -0.39 is 7.26 Å². The summed E-state index contributed by atoms with van der Waals surface area (Å²) < 4.78 is 0. The van der Waals surface area contributed by atoms with Crippen LogP contribution >= 0.6 is 7.26 Å². The molecular weight excluding hydrogens is 315 g/mol. The molecule has 0 saturated heterocycles. The smallest absolute Gasteiger partial charge is 0.158 e. The molecule has 18 heavy (non-hydrogen) atoms. The summed E-state index contributed by atoms with van der Waals surface area (Å²) in [5.74, 6) is 0. The molecule has 0 amide bonds. The molecule has 0 radical (unpaired) electrons. The molecule has 112 valence electrons. The Morgan fingerprint density at radius 1 is 0.667 bits per heavy atom. The third-order valence-electron chi connectivity index (χ3n) is 3.39. The number of aliphatic hydroxyl groups is 3. The minimum Gasteiger partial charge on any atom is -1.00 e. The highest BCUT2D eigenvalue weighted by Gasteiger charge is 2.34. The molecule has 5 heteroatoms. The van der Waals surface area contributed by atoms with Gasteiger partial charge < -0.3 is 32.3 Å². The Labute approximate surface area is 123 Å². The van der Waals surface area contributed by atoms with E-state index in [4.69, 9.17) is 0 Å². The monoisotopic (exact) mass is 344 g/mol. The summed E-state index contributed by atoms with van der Waals surface area (Å²) in [6, 6.07) is 0. The van der Waals surface area contributed by atoms with E-state index in [1.54, 1.807) is 0 Å².